The second-order valence-corrected chi connectivity index (χ2v) is 4.27. The summed E-state index contributed by atoms with van der Waals surface area (Å²) in [5, 5.41) is 4.01. The molecule has 0 saturated heterocycles. The molecule has 1 aromatic heterocycles. The molecule has 0 radical (unpaired) electrons. The molecule has 0 aliphatic rings. The summed E-state index contributed by atoms with van der Waals surface area (Å²) in [7, 11) is 0. The van der Waals surface area contributed by atoms with Gasteiger partial charge in [0, 0.05) is 11.6 Å². The number of hydrogen-bond acceptors (Lipinski definition) is 2. The minimum atomic E-state index is 0.831. The van der Waals surface area contributed by atoms with Crippen molar-refractivity contribution in [1.29, 1.82) is 0 Å². The maximum Gasteiger partial charge on any atom is 0.134 e. The Morgan fingerprint density at radius 1 is 0.778 bits per heavy atom. The van der Waals surface area contributed by atoms with E-state index >= 15 is 0 Å². The van der Waals surface area contributed by atoms with Gasteiger partial charge >= 0.3 is 0 Å². The third kappa shape index (κ3) is 2.05. The van der Waals surface area contributed by atoms with Crippen LogP contribution in [0.25, 0.3) is 22.4 Å². The highest BCUT2D eigenvalue weighted by Crippen LogP contribution is 2.24. The largest absolute Gasteiger partial charge is 0.361 e. The van der Waals surface area contributed by atoms with Gasteiger partial charge in [-0.1, -0.05) is 59.8 Å². The standard InChI is InChI=1S/C16H13NO/c1-12-11-16(17-18-12)15-9-7-14(8-10-15)13-5-3-2-4-6-13/h2-11H,1H3. The van der Waals surface area contributed by atoms with Crippen LogP contribution in [-0.2, 0) is 0 Å². The van der Waals surface area contributed by atoms with Crippen LogP contribution < -0.4 is 0 Å². The van der Waals surface area contributed by atoms with Crippen molar-refractivity contribution in [3.8, 4) is 22.4 Å². The van der Waals surface area contributed by atoms with Gasteiger partial charge < -0.3 is 4.52 Å². The van der Waals surface area contributed by atoms with Crippen molar-refractivity contribution in [1.82, 2.24) is 5.16 Å². The molecule has 0 atom stereocenters. The first-order valence-electron chi connectivity index (χ1n) is 5.92. The molecule has 3 rings (SSSR count). The minimum Gasteiger partial charge on any atom is -0.361 e. The first-order valence-corrected chi connectivity index (χ1v) is 5.92. The molecule has 0 bridgehead atoms. The molecule has 3 aromatic rings. The number of aryl methyl sites for hydroxylation is 1. The van der Waals surface area contributed by atoms with Crippen molar-refractivity contribution in [2.45, 2.75) is 6.92 Å². The lowest BCUT2D eigenvalue weighted by atomic mass is 10.0. The fourth-order valence-corrected chi connectivity index (χ4v) is 1.97. The highest BCUT2D eigenvalue weighted by atomic mass is 16.5. The highest BCUT2D eigenvalue weighted by molar-refractivity contribution is 5.68. The zero-order valence-electron chi connectivity index (χ0n) is 10.1. The van der Waals surface area contributed by atoms with Crippen molar-refractivity contribution in [2.75, 3.05) is 0 Å². The summed E-state index contributed by atoms with van der Waals surface area (Å²) in [6.45, 7) is 1.90. The lowest BCUT2D eigenvalue weighted by Crippen LogP contribution is -1.79. The molecule has 0 N–H and O–H groups in total. The lowest BCUT2D eigenvalue weighted by Gasteiger charge is -2.02. The maximum atomic E-state index is 5.08. The van der Waals surface area contributed by atoms with E-state index in [1.165, 1.54) is 11.1 Å². The van der Waals surface area contributed by atoms with Gasteiger partial charge in [0.1, 0.15) is 11.5 Å². The van der Waals surface area contributed by atoms with Crippen LogP contribution in [0, 0.1) is 6.92 Å². The second kappa shape index (κ2) is 4.49. The van der Waals surface area contributed by atoms with E-state index in [1.54, 1.807) is 0 Å². The smallest absolute Gasteiger partial charge is 0.134 e. The summed E-state index contributed by atoms with van der Waals surface area (Å²) in [6, 6.07) is 20.6. The van der Waals surface area contributed by atoms with E-state index in [0.717, 1.165) is 17.0 Å². The van der Waals surface area contributed by atoms with Gasteiger partial charge in [-0.2, -0.15) is 0 Å². The Balaban J connectivity index is 1.94. The van der Waals surface area contributed by atoms with Crippen molar-refractivity contribution in [3.63, 3.8) is 0 Å². The number of rotatable bonds is 2. The van der Waals surface area contributed by atoms with Crippen LogP contribution in [0.4, 0.5) is 0 Å². The van der Waals surface area contributed by atoms with Gasteiger partial charge in [-0.25, -0.2) is 0 Å². The first-order chi connectivity index (χ1) is 8.83. The Hall–Kier alpha value is -2.35. The van der Waals surface area contributed by atoms with Crippen LogP contribution in [0.2, 0.25) is 0 Å². The van der Waals surface area contributed by atoms with E-state index in [4.69, 9.17) is 4.52 Å². The Labute approximate surface area is 106 Å². The van der Waals surface area contributed by atoms with Crippen molar-refractivity contribution >= 4 is 0 Å². The predicted octanol–water partition coefficient (Wildman–Crippen LogP) is 4.32. The molecule has 1 heterocycles. The second-order valence-electron chi connectivity index (χ2n) is 4.27. The predicted molar refractivity (Wildman–Crippen MR) is 72.1 cm³/mol. The minimum absolute atomic E-state index is 0.831. The molecule has 88 valence electrons. The molecule has 0 unspecified atom stereocenters. The Bertz CT molecular complexity index is 638. The molecular weight excluding hydrogens is 222 g/mol. The first kappa shape index (κ1) is 10.8. The lowest BCUT2D eigenvalue weighted by molar-refractivity contribution is 0.399. The Kier molecular flexibility index (Phi) is 2.69. The van der Waals surface area contributed by atoms with Gasteiger partial charge in [-0.3, -0.25) is 0 Å². The van der Waals surface area contributed by atoms with E-state index in [1.807, 2.05) is 31.2 Å². The fourth-order valence-electron chi connectivity index (χ4n) is 1.97. The molecule has 2 nitrogen and oxygen atoms in total. The monoisotopic (exact) mass is 235 g/mol. The fraction of sp³-hybridized carbons (Fsp3) is 0.0625. The highest BCUT2D eigenvalue weighted by Gasteiger charge is 2.04. The summed E-state index contributed by atoms with van der Waals surface area (Å²) in [6.07, 6.45) is 0. The third-order valence-corrected chi connectivity index (χ3v) is 2.92. The van der Waals surface area contributed by atoms with Crippen LogP contribution >= 0.6 is 0 Å². The van der Waals surface area contributed by atoms with Gasteiger partial charge in [0.25, 0.3) is 0 Å². The molecule has 0 saturated carbocycles. The zero-order valence-corrected chi connectivity index (χ0v) is 10.1. The molecule has 2 aromatic carbocycles. The van der Waals surface area contributed by atoms with E-state index in [-0.39, 0.29) is 0 Å². The summed E-state index contributed by atoms with van der Waals surface area (Å²) in [5.41, 5.74) is 4.39. The quantitative estimate of drug-likeness (QED) is 0.661. The Morgan fingerprint density at radius 2 is 1.39 bits per heavy atom. The van der Waals surface area contributed by atoms with Gasteiger partial charge in [0.05, 0.1) is 0 Å². The SMILES string of the molecule is Cc1cc(-c2ccc(-c3ccccc3)cc2)no1. The number of nitrogens with zero attached hydrogens (tertiary/aromatic N) is 1. The van der Waals surface area contributed by atoms with Crippen LogP contribution in [0.3, 0.4) is 0 Å². The molecule has 0 aliphatic carbocycles. The average molecular weight is 235 g/mol. The van der Waals surface area contributed by atoms with E-state index in [2.05, 4.69) is 41.6 Å². The van der Waals surface area contributed by atoms with Crippen LogP contribution in [0.15, 0.2) is 65.2 Å². The van der Waals surface area contributed by atoms with Gasteiger partial charge in [-0.15, -0.1) is 0 Å². The van der Waals surface area contributed by atoms with Crippen LogP contribution in [0.1, 0.15) is 5.76 Å². The summed E-state index contributed by atoms with van der Waals surface area (Å²) < 4.78 is 5.08. The summed E-state index contributed by atoms with van der Waals surface area (Å²) in [5.74, 6) is 0.831. The molecule has 0 fully saturated rings. The molecule has 0 amide bonds. The van der Waals surface area contributed by atoms with E-state index in [0.29, 0.717) is 0 Å². The van der Waals surface area contributed by atoms with Gasteiger partial charge in [0.15, 0.2) is 0 Å². The van der Waals surface area contributed by atoms with Crippen molar-refractivity contribution < 1.29 is 4.52 Å². The number of aromatic nitrogens is 1. The summed E-state index contributed by atoms with van der Waals surface area (Å²) in [4.78, 5) is 0. The van der Waals surface area contributed by atoms with Gasteiger partial charge in [-0.05, 0) is 18.1 Å². The van der Waals surface area contributed by atoms with E-state index in [9.17, 15) is 0 Å². The number of hydrogen-bond donors (Lipinski definition) is 0. The molecule has 0 spiro atoms. The Morgan fingerprint density at radius 3 is 2.00 bits per heavy atom. The maximum absolute atomic E-state index is 5.08. The zero-order chi connectivity index (χ0) is 12.4. The average Bonchev–Trinajstić information content (AvgIpc) is 2.87. The number of benzene rings is 2. The van der Waals surface area contributed by atoms with E-state index < -0.39 is 0 Å². The van der Waals surface area contributed by atoms with Gasteiger partial charge in [0.2, 0.25) is 0 Å². The molecule has 18 heavy (non-hydrogen) atoms. The molecule has 0 aliphatic heterocycles. The van der Waals surface area contributed by atoms with Crippen molar-refractivity contribution in [2.24, 2.45) is 0 Å². The molecule has 2 heteroatoms. The van der Waals surface area contributed by atoms with Crippen LogP contribution in [0.5, 0.6) is 0 Å². The van der Waals surface area contributed by atoms with Crippen molar-refractivity contribution in [3.05, 3.63) is 66.4 Å². The molecular formula is C16H13NO. The summed E-state index contributed by atoms with van der Waals surface area (Å²) >= 11 is 0. The topological polar surface area (TPSA) is 26.0 Å². The normalized spacial score (nSPS) is 10.5. The third-order valence-electron chi connectivity index (χ3n) is 2.92. The van der Waals surface area contributed by atoms with Crippen LogP contribution in [-0.4, -0.2) is 5.16 Å².